The van der Waals surface area contributed by atoms with Gasteiger partial charge in [0.15, 0.2) is 5.15 Å². The zero-order valence-corrected chi connectivity index (χ0v) is 15.0. The molecular formula is C20H16ClN5O. The number of amides is 2. The molecule has 134 valence electrons. The maximum absolute atomic E-state index is 12.0. The molecular weight excluding hydrogens is 362 g/mol. The first-order chi connectivity index (χ1) is 13.2. The number of carbonyl (C=O) groups excluding carboxylic acids is 1. The molecule has 0 bridgehead atoms. The van der Waals surface area contributed by atoms with Gasteiger partial charge in [-0.2, -0.15) is 0 Å². The Balaban J connectivity index is 1.41. The monoisotopic (exact) mass is 377 g/mol. The summed E-state index contributed by atoms with van der Waals surface area (Å²) in [6.45, 7) is 0.397. The van der Waals surface area contributed by atoms with Crippen molar-refractivity contribution in [2.24, 2.45) is 0 Å². The summed E-state index contributed by atoms with van der Waals surface area (Å²) >= 11 is 5.93. The smallest absolute Gasteiger partial charge is 0.319 e. The van der Waals surface area contributed by atoms with Gasteiger partial charge in [-0.3, -0.25) is 4.57 Å². The van der Waals surface area contributed by atoms with E-state index in [9.17, 15) is 4.79 Å². The number of carbonyl (C=O) groups is 1. The number of pyridine rings is 1. The van der Waals surface area contributed by atoms with Crippen LogP contribution in [0.25, 0.3) is 16.7 Å². The molecule has 2 heterocycles. The molecule has 2 aromatic heterocycles. The van der Waals surface area contributed by atoms with Gasteiger partial charge in [-0.15, -0.1) is 0 Å². The predicted octanol–water partition coefficient (Wildman–Crippen LogP) is 4.40. The van der Waals surface area contributed by atoms with Gasteiger partial charge in [0.2, 0.25) is 0 Å². The van der Waals surface area contributed by atoms with Gasteiger partial charge in [-0.25, -0.2) is 14.8 Å². The van der Waals surface area contributed by atoms with Gasteiger partial charge in [0.1, 0.15) is 6.33 Å². The normalized spacial score (nSPS) is 10.7. The number of hydrogen-bond donors (Lipinski definition) is 2. The number of aromatic nitrogens is 3. The van der Waals surface area contributed by atoms with Crippen LogP contribution in [0.5, 0.6) is 0 Å². The van der Waals surface area contributed by atoms with Crippen LogP contribution in [-0.4, -0.2) is 20.6 Å². The Bertz CT molecular complexity index is 1090. The van der Waals surface area contributed by atoms with E-state index in [1.807, 2.05) is 59.4 Å². The third-order valence-corrected chi connectivity index (χ3v) is 4.43. The van der Waals surface area contributed by atoms with Crippen LogP contribution in [-0.2, 0) is 6.54 Å². The van der Waals surface area contributed by atoms with Crippen molar-refractivity contribution in [3.05, 3.63) is 83.9 Å². The molecule has 0 unspecified atom stereocenters. The van der Waals surface area contributed by atoms with Crippen LogP contribution in [0.2, 0.25) is 5.15 Å². The summed E-state index contributed by atoms with van der Waals surface area (Å²) < 4.78 is 2.03. The van der Waals surface area contributed by atoms with E-state index < -0.39 is 0 Å². The first-order valence-corrected chi connectivity index (χ1v) is 8.75. The zero-order valence-electron chi connectivity index (χ0n) is 14.3. The molecule has 0 atom stereocenters. The SMILES string of the molecule is O=C(NCc1ccc(-n2cnc3ccccc32)cc1)Nc1cccnc1Cl. The Morgan fingerprint density at radius 3 is 2.63 bits per heavy atom. The van der Waals surface area contributed by atoms with Crippen molar-refractivity contribution >= 4 is 34.4 Å². The molecule has 0 saturated heterocycles. The summed E-state index contributed by atoms with van der Waals surface area (Å²) in [6.07, 6.45) is 3.37. The highest BCUT2D eigenvalue weighted by atomic mass is 35.5. The van der Waals surface area contributed by atoms with Crippen molar-refractivity contribution in [2.75, 3.05) is 5.32 Å². The number of para-hydroxylation sites is 2. The number of imidazole rings is 1. The summed E-state index contributed by atoms with van der Waals surface area (Å²) in [6, 6.07) is 19.0. The standard InChI is InChI=1S/C20H16ClN5O/c21-19-17(5-3-11-22-19)25-20(27)23-12-14-7-9-15(10-8-14)26-13-24-16-4-1-2-6-18(16)26/h1-11,13H,12H2,(H2,23,25,27). The van der Waals surface area contributed by atoms with E-state index in [-0.39, 0.29) is 11.2 Å². The molecule has 27 heavy (non-hydrogen) atoms. The number of urea groups is 1. The van der Waals surface area contributed by atoms with Gasteiger partial charge in [0, 0.05) is 18.4 Å². The average Bonchev–Trinajstić information content (AvgIpc) is 3.13. The van der Waals surface area contributed by atoms with Gasteiger partial charge < -0.3 is 10.6 Å². The van der Waals surface area contributed by atoms with Crippen molar-refractivity contribution in [1.82, 2.24) is 19.9 Å². The quantitative estimate of drug-likeness (QED) is 0.518. The Morgan fingerprint density at radius 1 is 1.00 bits per heavy atom. The highest BCUT2D eigenvalue weighted by Crippen LogP contribution is 2.19. The van der Waals surface area contributed by atoms with Gasteiger partial charge in [-0.1, -0.05) is 35.9 Å². The molecule has 0 saturated carbocycles. The molecule has 6 nitrogen and oxygen atoms in total. The summed E-state index contributed by atoms with van der Waals surface area (Å²) in [5.74, 6) is 0. The molecule has 0 aliphatic rings. The molecule has 2 amide bonds. The highest BCUT2D eigenvalue weighted by Gasteiger charge is 2.07. The fourth-order valence-electron chi connectivity index (χ4n) is 2.77. The van der Waals surface area contributed by atoms with Gasteiger partial charge >= 0.3 is 6.03 Å². The second-order valence-electron chi connectivity index (χ2n) is 5.92. The van der Waals surface area contributed by atoms with E-state index >= 15 is 0 Å². The van der Waals surface area contributed by atoms with Crippen LogP contribution in [0.4, 0.5) is 10.5 Å². The van der Waals surface area contributed by atoms with E-state index in [0.717, 1.165) is 22.3 Å². The second-order valence-corrected chi connectivity index (χ2v) is 6.28. The number of fused-ring (bicyclic) bond motifs is 1. The summed E-state index contributed by atoms with van der Waals surface area (Å²) in [7, 11) is 0. The number of rotatable bonds is 4. The molecule has 0 spiro atoms. The van der Waals surface area contributed by atoms with Crippen LogP contribution in [0.3, 0.4) is 0 Å². The maximum Gasteiger partial charge on any atom is 0.319 e. The highest BCUT2D eigenvalue weighted by molar-refractivity contribution is 6.32. The summed E-state index contributed by atoms with van der Waals surface area (Å²) in [4.78, 5) is 20.3. The van der Waals surface area contributed by atoms with Crippen molar-refractivity contribution in [3.8, 4) is 5.69 Å². The lowest BCUT2D eigenvalue weighted by molar-refractivity contribution is 0.251. The molecule has 2 N–H and O–H groups in total. The minimum Gasteiger partial charge on any atom is -0.334 e. The number of halogens is 1. The summed E-state index contributed by atoms with van der Waals surface area (Å²) in [5.41, 5.74) is 4.47. The third-order valence-electron chi connectivity index (χ3n) is 4.13. The maximum atomic E-state index is 12.0. The van der Waals surface area contributed by atoms with Crippen LogP contribution >= 0.6 is 11.6 Å². The predicted molar refractivity (Wildman–Crippen MR) is 106 cm³/mol. The fourth-order valence-corrected chi connectivity index (χ4v) is 2.93. The fraction of sp³-hybridized carbons (Fsp3) is 0.0500. The van der Waals surface area contributed by atoms with Crippen molar-refractivity contribution in [2.45, 2.75) is 6.54 Å². The topological polar surface area (TPSA) is 71.8 Å². The van der Waals surface area contributed by atoms with Gasteiger partial charge in [0.05, 0.1) is 16.7 Å². The number of hydrogen-bond acceptors (Lipinski definition) is 3. The minimum absolute atomic E-state index is 0.254. The van der Waals surface area contributed by atoms with Crippen LogP contribution < -0.4 is 10.6 Å². The average molecular weight is 378 g/mol. The Hall–Kier alpha value is -3.38. The zero-order chi connectivity index (χ0) is 18.6. The van der Waals surface area contributed by atoms with Crippen LogP contribution in [0, 0.1) is 0 Å². The third kappa shape index (κ3) is 3.75. The molecule has 4 aromatic rings. The largest absolute Gasteiger partial charge is 0.334 e. The molecule has 0 aliphatic carbocycles. The Labute approximate surface area is 160 Å². The number of nitrogens with zero attached hydrogens (tertiary/aromatic N) is 3. The van der Waals surface area contributed by atoms with Crippen LogP contribution in [0.1, 0.15) is 5.56 Å². The van der Waals surface area contributed by atoms with E-state index in [0.29, 0.717) is 12.2 Å². The van der Waals surface area contributed by atoms with E-state index in [1.54, 1.807) is 18.3 Å². The Morgan fingerprint density at radius 2 is 1.81 bits per heavy atom. The number of benzene rings is 2. The second kappa shape index (κ2) is 7.47. The van der Waals surface area contributed by atoms with E-state index in [4.69, 9.17) is 11.6 Å². The molecule has 0 radical (unpaired) electrons. The number of anilines is 1. The first-order valence-electron chi connectivity index (χ1n) is 8.37. The Kier molecular flexibility index (Phi) is 4.72. The van der Waals surface area contributed by atoms with Crippen LogP contribution in [0.15, 0.2) is 73.2 Å². The molecule has 4 rings (SSSR count). The first kappa shape index (κ1) is 17.1. The van der Waals surface area contributed by atoms with E-state index in [2.05, 4.69) is 20.6 Å². The molecule has 0 aliphatic heterocycles. The van der Waals surface area contributed by atoms with Crippen molar-refractivity contribution in [1.29, 1.82) is 0 Å². The van der Waals surface area contributed by atoms with Gasteiger partial charge in [0.25, 0.3) is 0 Å². The van der Waals surface area contributed by atoms with Crippen molar-refractivity contribution in [3.63, 3.8) is 0 Å². The lowest BCUT2D eigenvalue weighted by Gasteiger charge is -2.09. The molecule has 7 heteroatoms. The van der Waals surface area contributed by atoms with E-state index in [1.165, 1.54) is 0 Å². The lowest BCUT2D eigenvalue weighted by atomic mass is 10.2. The summed E-state index contributed by atoms with van der Waals surface area (Å²) in [5, 5.41) is 5.73. The molecule has 2 aromatic carbocycles. The lowest BCUT2D eigenvalue weighted by Crippen LogP contribution is -2.28. The minimum atomic E-state index is -0.338. The number of nitrogens with one attached hydrogen (secondary N) is 2. The van der Waals surface area contributed by atoms with Gasteiger partial charge in [-0.05, 0) is 42.0 Å². The van der Waals surface area contributed by atoms with Crippen molar-refractivity contribution < 1.29 is 4.79 Å². The molecule has 0 fully saturated rings.